The molecule has 0 bridgehead atoms. The molecular formula is C21H18N4OS. The summed E-state index contributed by atoms with van der Waals surface area (Å²) < 4.78 is 2.89. The van der Waals surface area contributed by atoms with Gasteiger partial charge >= 0.3 is 0 Å². The maximum atomic E-state index is 12.5. The summed E-state index contributed by atoms with van der Waals surface area (Å²) in [6.45, 7) is 4.10. The Morgan fingerprint density at radius 3 is 2.70 bits per heavy atom. The summed E-state index contributed by atoms with van der Waals surface area (Å²) in [5.41, 5.74) is 5.33. The standard InChI is InChI=1S/C21H18N4OS/c1-12-7-3-4-8-14(12)15-11-18(26)23-20-19(15)13(2)24-25(20)21-22-16-9-5-6-10-17(16)27-21/h3-10,15H,11H2,1-2H3,(H,23,26)/t15-/m0/s1. The van der Waals surface area contributed by atoms with Gasteiger partial charge in [0, 0.05) is 17.9 Å². The molecule has 1 amide bonds. The van der Waals surface area contributed by atoms with Crippen molar-refractivity contribution >= 4 is 33.3 Å². The van der Waals surface area contributed by atoms with Crippen molar-refractivity contribution in [2.45, 2.75) is 26.2 Å². The molecule has 4 aromatic rings. The average molecular weight is 374 g/mol. The van der Waals surface area contributed by atoms with Crippen LogP contribution in [-0.2, 0) is 4.79 Å². The summed E-state index contributed by atoms with van der Waals surface area (Å²) in [5, 5.41) is 8.56. The van der Waals surface area contributed by atoms with Gasteiger partial charge in [0.1, 0.15) is 5.82 Å². The molecule has 0 fully saturated rings. The zero-order chi connectivity index (χ0) is 18.5. The monoisotopic (exact) mass is 374 g/mol. The van der Waals surface area contributed by atoms with E-state index in [-0.39, 0.29) is 11.8 Å². The molecule has 6 heteroatoms. The number of aryl methyl sites for hydroxylation is 2. The average Bonchev–Trinajstić information content (AvgIpc) is 3.22. The van der Waals surface area contributed by atoms with Crippen LogP contribution >= 0.6 is 11.3 Å². The normalized spacial score (nSPS) is 16.4. The Hall–Kier alpha value is -2.99. The molecule has 2 aromatic carbocycles. The molecule has 0 aliphatic carbocycles. The number of hydrogen-bond acceptors (Lipinski definition) is 4. The minimum absolute atomic E-state index is 0.0121. The summed E-state index contributed by atoms with van der Waals surface area (Å²) in [4.78, 5) is 17.2. The quantitative estimate of drug-likeness (QED) is 0.559. The highest BCUT2D eigenvalue weighted by Crippen LogP contribution is 2.41. The number of nitrogens with one attached hydrogen (secondary N) is 1. The van der Waals surface area contributed by atoms with Crippen molar-refractivity contribution in [1.82, 2.24) is 14.8 Å². The first-order chi connectivity index (χ1) is 13.1. The van der Waals surface area contributed by atoms with Crippen LogP contribution in [0.3, 0.4) is 0 Å². The van der Waals surface area contributed by atoms with Crippen molar-refractivity contribution in [1.29, 1.82) is 0 Å². The van der Waals surface area contributed by atoms with Crippen LogP contribution in [0.5, 0.6) is 0 Å². The van der Waals surface area contributed by atoms with Crippen LogP contribution < -0.4 is 5.32 Å². The summed E-state index contributed by atoms with van der Waals surface area (Å²) >= 11 is 1.58. The van der Waals surface area contributed by atoms with Crippen LogP contribution in [0.2, 0.25) is 0 Å². The molecule has 1 aliphatic rings. The predicted molar refractivity (Wildman–Crippen MR) is 108 cm³/mol. The Morgan fingerprint density at radius 1 is 1.11 bits per heavy atom. The Bertz CT molecular complexity index is 1160. The number of carbonyl (C=O) groups excluding carboxylic acids is 1. The Kier molecular flexibility index (Phi) is 3.62. The maximum Gasteiger partial charge on any atom is 0.226 e. The predicted octanol–water partition coefficient (Wildman–Crippen LogP) is 4.57. The second-order valence-corrected chi connectivity index (χ2v) is 7.89. The third kappa shape index (κ3) is 2.56. The van der Waals surface area contributed by atoms with E-state index in [1.165, 1.54) is 11.1 Å². The molecule has 0 saturated heterocycles. The fourth-order valence-corrected chi connectivity index (χ4v) is 4.80. The topological polar surface area (TPSA) is 59.8 Å². The second kappa shape index (κ2) is 6.03. The number of fused-ring (bicyclic) bond motifs is 2. The lowest BCUT2D eigenvalue weighted by atomic mass is 9.84. The van der Waals surface area contributed by atoms with E-state index >= 15 is 0 Å². The highest BCUT2D eigenvalue weighted by atomic mass is 32.1. The number of thiazole rings is 1. The lowest BCUT2D eigenvalue weighted by Crippen LogP contribution is -2.25. The van der Waals surface area contributed by atoms with Crippen LogP contribution in [-0.4, -0.2) is 20.7 Å². The first-order valence-electron chi connectivity index (χ1n) is 8.92. The Balaban J connectivity index is 1.70. The summed E-state index contributed by atoms with van der Waals surface area (Å²) in [7, 11) is 0. The highest BCUT2D eigenvalue weighted by Gasteiger charge is 2.33. The molecule has 27 heavy (non-hydrogen) atoms. The van der Waals surface area contributed by atoms with Crippen LogP contribution in [0.4, 0.5) is 5.82 Å². The zero-order valence-corrected chi connectivity index (χ0v) is 15.9. The molecule has 2 aromatic heterocycles. The number of hydrogen-bond donors (Lipinski definition) is 1. The smallest absolute Gasteiger partial charge is 0.226 e. The number of aromatic nitrogens is 3. The third-order valence-corrected chi connectivity index (χ3v) is 6.14. The number of para-hydroxylation sites is 1. The van der Waals surface area contributed by atoms with Gasteiger partial charge in [-0.15, -0.1) is 0 Å². The van der Waals surface area contributed by atoms with E-state index < -0.39 is 0 Å². The van der Waals surface area contributed by atoms with Crippen LogP contribution in [0.15, 0.2) is 48.5 Å². The van der Waals surface area contributed by atoms with E-state index in [2.05, 4.69) is 24.4 Å². The van der Waals surface area contributed by atoms with Crippen LogP contribution in [0, 0.1) is 13.8 Å². The first-order valence-corrected chi connectivity index (χ1v) is 9.74. The van der Waals surface area contributed by atoms with E-state index in [0.717, 1.165) is 32.4 Å². The SMILES string of the molecule is Cc1ccccc1[C@@H]1CC(=O)Nc2c1c(C)nn2-c1nc2ccccc2s1. The van der Waals surface area contributed by atoms with Crippen LogP contribution in [0.1, 0.15) is 34.7 Å². The molecule has 5 nitrogen and oxygen atoms in total. The number of nitrogens with zero attached hydrogens (tertiary/aromatic N) is 3. The van der Waals surface area contributed by atoms with Crippen molar-refractivity contribution in [2.75, 3.05) is 5.32 Å². The molecule has 1 aliphatic heterocycles. The summed E-state index contributed by atoms with van der Waals surface area (Å²) in [6.07, 6.45) is 0.435. The number of benzene rings is 2. The van der Waals surface area contributed by atoms with Gasteiger partial charge in [-0.25, -0.2) is 4.98 Å². The Morgan fingerprint density at radius 2 is 1.89 bits per heavy atom. The van der Waals surface area contributed by atoms with Crippen molar-refractivity contribution in [3.8, 4) is 5.13 Å². The largest absolute Gasteiger partial charge is 0.310 e. The lowest BCUT2D eigenvalue weighted by molar-refractivity contribution is -0.116. The molecule has 3 heterocycles. The molecule has 5 rings (SSSR count). The molecule has 134 valence electrons. The zero-order valence-electron chi connectivity index (χ0n) is 15.1. The summed E-state index contributed by atoms with van der Waals surface area (Å²) in [5.74, 6) is 0.771. The molecule has 0 spiro atoms. The van der Waals surface area contributed by atoms with Gasteiger partial charge in [-0.2, -0.15) is 9.78 Å². The molecular weight excluding hydrogens is 356 g/mol. The van der Waals surface area contributed by atoms with Gasteiger partial charge in [0.2, 0.25) is 11.0 Å². The molecule has 1 N–H and O–H groups in total. The second-order valence-electron chi connectivity index (χ2n) is 6.89. The minimum atomic E-state index is 0.0121. The first kappa shape index (κ1) is 16.2. The van der Waals surface area contributed by atoms with Gasteiger partial charge in [-0.1, -0.05) is 47.7 Å². The van der Waals surface area contributed by atoms with E-state index in [1.807, 2.05) is 43.3 Å². The van der Waals surface area contributed by atoms with Crippen molar-refractivity contribution in [2.24, 2.45) is 0 Å². The number of anilines is 1. The lowest BCUT2D eigenvalue weighted by Gasteiger charge is -2.25. The van der Waals surface area contributed by atoms with Gasteiger partial charge in [-0.05, 0) is 37.1 Å². The minimum Gasteiger partial charge on any atom is -0.310 e. The fraction of sp³-hybridized carbons (Fsp3) is 0.190. The van der Waals surface area contributed by atoms with Crippen molar-refractivity contribution in [3.63, 3.8) is 0 Å². The van der Waals surface area contributed by atoms with Crippen LogP contribution in [0.25, 0.3) is 15.3 Å². The van der Waals surface area contributed by atoms with Crippen molar-refractivity contribution in [3.05, 3.63) is 70.9 Å². The van der Waals surface area contributed by atoms with Crippen molar-refractivity contribution < 1.29 is 4.79 Å². The van der Waals surface area contributed by atoms with Gasteiger partial charge in [0.25, 0.3) is 0 Å². The van der Waals surface area contributed by atoms with Gasteiger partial charge in [0.15, 0.2) is 0 Å². The fourth-order valence-electron chi connectivity index (χ4n) is 3.88. The van der Waals surface area contributed by atoms with Gasteiger partial charge < -0.3 is 5.32 Å². The third-order valence-electron chi connectivity index (χ3n) is 5.13. The molecule has 0 radical (unpaired) electrons. The maximum absolute atomic E-state index is 12.5. The van der Waals surface area contributed by atoms with E-state index in [1.54, 1.807) is 16.0 Å². The van der Waals surface area contributed by atoms with Gasteiger partial charge in [-0.3, -0.25) is 4.79 Å². The summed E-state index contributed by atoms with van der Waals surface area (Å²) in [6, 6.07) is 16.3. The van der Waals surface area contributed by atoms with E-state index in [0.29, 0.717) is 6.42 Å². The number of amides is 1. The number of rotatable bonds is 2. The highest BCUT2D eigenvalue weighted by molar-refractivity contribution is 7.20. The number of carbonyl (C=O) groups is 1. The van der Waals surface area contributed by atoms with E-state index in [4.69, 9.17) is 10.1 Å². The molecule has 0 saturated carbocycles. The Labute approximate surface area is 160 Å². The van der Waals surface area contributed by atoms with Gasteiger partial charge in [0.05, 0.1) is 15.9 Å². The molecule has 1 atom stereocenters. The van der Waals surface area contributed by atoms with E-state index in [9.17, 15) is 4.79 Å². The molecule has 0 unspecified atom stereocenters.